The molecule has 1 N–H and O–H groups in total. The lowest BCUT2D eigenvalue weighted by Crippen LogP contribution is -1.78. The van der Waals surface area contributed by atoms with Crippen LogP contribution in [-0.4, -0.2) is 9.97 Å². The third kappa shape index (κ3) is 1.48. The SMILES string of the molecule is Clc1cncc(-c2c[nH]c3ccccc23)c1. The first kappa shape index (κ1) is 9.43. The Kier molecular flexibility index (Phi) is 2.15. The van der Waals surface area contributed by atoms with Crippen LogP contribution in [0.25, 0.3) is 22.0 Å². The number of H-pyrrole nitrogens is 1. The third-order valence-corrected chi connectivity index (χ3v) is 2.81. The molecule has 0 aliphatic carbocycles. The fourth-order valence-electron chi connectivity index (χ4n) is 1.87. The van der Waals surface area contributed by atoms with Crippen LogP contribution in [0, 0.1) is 0 Å². The summed E-state index contributed by atoms with van der Waals surface area (Å²) < 4.78 is 0. The quantitative estimate of drug-likeness (QED) is 0.673. The Morgan fingerprint density at radius 3 is 2.88 bits per heavy atom. The highest BCUT2D eigenvalue weighted by atomic mass is 35.5. The minimum Gasteiger partial charge on any atom is -0.361 e. The Morgan fingerprint density at radius 1 is 1.12 bits per heavy atom. The van der Waals surface area contributed by atoms with E-state index >= 15 is 0 Å². The number of pyridine rings is 1. The minimum absolute atomic E-state index is 0.655. The van der Waals surface area contributed by atoms with Gasteiger partial charge >= 0.3 is 0 Å². The molecule has 16 heavy (non-hydrogen) atoms. The number of halogens is 1. The molecular formula is C13H9ClN2. The first-order valence-corrected chi connectivity index (χ1v) is 5.39. The predicted molar refractivity (Wildman–Crippen MR) is 66.5 cm³/mol. The maximum Gasteiger partial charge on any atom is 0.0595 e. The molecular weight excluding hydrogens is 220 g/mol. The standard InChI is InChI=1S/C13H9ClN2/c14-10-5-9(6-15-7-10)12-8-16-13-4-2-1-3-11(12)13/h1-8,16H. The van der Waals surface area contributed by atoms with Crippen LogP contribution in [-0.2, 0) is 0 Å². The van der Waals surface area contributed by atoms with E-state index in [1.807, 2.05) is 30.6 Å². The van der Waals surface area contributed by atoms with E-state index in [1.165, 1.54) is 5.39 Å². The van der Waals surface area contributed by atoms with Crippen molar-refractivity contribution < 1.29 is 0 Å². The van der Waals surface area contributed by atoms with Crippen LogP contribution in [0.2, 0.25) is 5.02 Å². The number of aromatic nitrogens is 2. The monoisotopic (exact) mass is 228 g/mol. The molecule has 2 aromatic heterocycles. The van der Waals surface area contributed by atoms with Gasteiger partial charge < -0.3 is 4.98 Å². The number of rotatable bonds is 1. The maximum atomic E-state index is 5.94. The molecule has 3 rings (SSSR count). The van der Waals surface area contributed by atoms with Gasteiger partial charge in [-0.2, -0.15) is 0 Å². The van der Waals surface area contributed by atoms with Crippen molar-refractivity contribution in [3.8, 4) is 11.1 Å². The van der Waals surface area contributed by atoms with Gasteiger partial charge in [-0.15, -0.1) is 0 Å². The molecule has 0 aliphatic heterocycles. The lowest BCUT2D eigenvalue weighted by atomic mass is 10.1. The second kappa shape index (κ2) is 3.65. The number of para-hydroxylation sites is 1. The summed E-state index contributed by atoms with van der Waals surface area (Å²) in [6.07, 6.45) is 5.44. The molecule has 0 saturated carbocycles. The van der Waals surface area contributed by atoms with Crippen molar-refractivity contribution >= 4 is 22.5 Å². The number of fused-ring (bicyclic) bond motifs is 1. The van der Waals surface area contributed by atoms with E-state index in [9.17, 15) is 0 Å². The Morgan fingerprint density at radius 2 is 2.00 bits per heavy atom. The number of aromatic amines is 1. The molecule has 0 fully saturated rings. The lowest BCUT2D eigenvalue weighted by molar-refractivity contribution is 1.33. The fraction of sp³-hybridized carbons (Fsp3) is 0. The van der Waals surface area contributed by atoms with E-state index in [4.69, 9.17) is 11.6 Å². The molecule has 2 nitrogen and oxygen atoms in total. The van der Waals surface area contributed by atoms with Gasteiger partial charge in [0.15, 0.2) is 0 Å². The van der Waals surface area contributed by atoms with Gasteiger partial charge in [-0.05, 0) is 12.1 Å². The summed E-state index contributed by atoms with van der Waals surface area (Å²) >= 11 is 5.94. The highest BCUT2D eigenvalue weighted by Crippen LogP contribution is 2.28. The summed E-state index contributed by atoms with van der Waals surface area (Å²) in [5.74, 6) is 0. The molecule has 0 amide bonds. The van der Waals surface area contributed by atoms with Gasteiger partial charge in [0, 0.05) is 40.6 Å². The Balaban J connectivity index is 2.26. The number of hydrogen-bond donors (Lipinski definition) is 1. The highest BCUT2D eigenvalue weighted by Gasteiger charge is 2.05. The predicted octanol–water partition coefficient (Wildman–Crippen LogP) is 3.88. The van der Waals surface area contributed by atoms with Crippen LogP contribution in [0.4, 0.5) is 0 Å². The van der Waals surface area contributed by atoms with E-state index in [0.29, 0.717) is 5.02 Å². The summed E-state index contributed by atoms with van der Waals surface area (Å²) in [7, 11) is 0. The van der Waals surface area contributed by atoms with Crippen molar-refractivity contribution in [2.45, 2.75) is 0 Å². The van der Waals surface area contributed by atoms with Crippen molar-refractivity contribution in [2.24, 2.45) is 0 Å². The minimum atomic E-state index is 0.655. The van der Waals surface area contributed by atoms with Crippen LogP contribution in [0.15, 0.2) is 48.9 Å². The fourth-order valence-corrected chi connectivity index (χ4v) is 2.04. The summed E-state index contributed by atoms with van der Waals surface area (Å²) in [5.41, 5.74) is 3.29. The molecule has 0 spiro atoms. The second-order valence-electron chi connectivity index (χ2n) is 3.64. The van der Waals surface area contributed by atoms with Crippen molar-refractivity contribution in [2.75, 3.05) is 0 Å². The lowest BCUT2D eigenvalue weighted by Gasteiger charge is -1.99. The van der Waals surface area contributed by atoms with Crippen molar-refractivity contribution in [3.05, 3.63) is 53.9 Å². The van der Waals surface area contributed by atoms with Gasteiger partial charge in [0.2, 0.25) is 0 Å². The van der Waals surface area contributed by atoms with Crippen LogP contribution in [0.5, 0.6) is 0 Å². The van der Waals surface area contributed by atoms with Crippen molar-refractivity contribution in [1.82, 2.24) is 9.97 Å². The highest BCUT2D eigenvalue weighted by molar-refractivity contribution is 6.30. The van der Waals surface area contributed by atoms with Gasteiger partial charge in [0.05, 0.1) is 5.02 Å². The third-order valence-electron chi connectivity index (χ3n) is 2.61. The van der Waals surface area contributed by atoms with Gasteiger partial charge in [0.1, 0.15) is 0 Å². The molecule has 0 atom stereocenters. The van der Waals surface area contributed by atoms with E-state index in [-0.39, 0.29) is 0 Å². The molecule has 3 heteroatoms. The average molecular weight is 229 g/mol. The summed E-state index contributed by atoms with van der Waals surface area (Å²) in [4.78, 5) is 7.34. The first-order valence-electron chi connectivity index (χ1n) is 5.01. The number of benzene rings is 1. The smallest absolute Gasteiger partial charge is 0.0595 e. The van der Waals surface area contributed by atoms with Crippen LogP contribution < -0.4 is 0 Å². The number of nitrogens with zero attached hydrogens (tertiary/aromatic N) is 1. The van der Waals surface area contributed by atoms with E-state index in [1.54, 1.807) is 6.20 Å². The van der Waals surface area contributed by atoms with Gasteiger partial charge in [0.25, 0.3) is 0 Å². The molecule has 0 unspecified atom stereocenters. The van der Waals surface area contributed by atoms with E-state index < -0.39 is 0 Å². The van der Waals surface area contributed by atoms with Gasteiger partial charge in [-0.3, -0.25) is 4.98 Å². The molecule has 0 saturated heterocycles. The Bertz CT molecular complexity index is 643. The van der Waals surface area contributed by atoms with Crippen LogP contribution in [0.3, 0.4) is 0 Å². The molecule has 0 bridgehead atoms. The van der Waals surface area contributed by atoms with Crippen LogP contribution >= 0.6 is 11.6 Å². The summed E-state index contributed by atoms with van der Waals surface area (Å²) in [5, 5.41) is 1.84. The zero-order chi connectivity index (χ0) is 11.0. The second-order valence-corrected chi connectivity index (χ2v) is 4.08. The van der Waals surface area contributed by atoms with E-state index in [0.717, 1.165) is 16.6 Å². The summed E-state index contributed by atoms with van der Waals surface area (Å²) in [6.45, 7) is 0. The molecule has 2 heterocycles. The number of nitrogens with one attached hydrogen (secondary N) is 1. The van der Waals surface area contributed by atoms with E-state index in [2.05, 4.69) is 22.1 Å². The van der Waals surface area contributed by atoms with Crippen molar-refractivity contribution in [1.29, 1.82) is 0 Å². The Labute approximate surface area is 97.9 Å². The molecule has 3 aromatic rings. The Hall–Kier alpha value is -1.80. The van der Waals surface area contributed by atoms with Crippen molar-refractivity contribution in [3.63, 3.8) is 0 Å². The normalized spacial score (nSPS) is 10.8. The zero-order valence-electron chi connectivity index (χ0n) is 8.44. The first-order chi connectivity index (χ1) is 7.84. The molecule has 0 radical (unpaired) electrons. The molecule has 1 aromatic carbocycles. The molecule has 78 valence electrons. The number of hydrogen-bond acceptors (Lipinski definition) is 1. The zero-order valence-corrected chi connectivity index (χ0v) is 9.20. The maximum absolute atomic E-state index is 5.94. The van der Waals surface area contributed by atoms with Gasteiger partial charge in [-0.1, -0.05) is 29.8 Å². The topological polar surface area (TPSA) is 28.7 Å². The van der Waals surface area contributed by atoms with Gasteiger partial charge in [-0.25, -0.2) is 0 Å². The van der Waals surface area contributed by atoms with Crippen LogP contribution in [0.1, 0.15) is 0 Å². The summed E-state index contributed by atoms with van der Waals surface area (Å²) in [6, 6.07) is 10.1. The largest absolute Gasteiger partial charge is 0.361 e. The average Bonchev–Trinajstić information content (AvgIpc) is 2.72. The molecule has 0 aliphatic rings.